The van der Waals surface area contributed by atoms with Crippen LogP contribution in [0.15, 0.2) is 48.5 Å². The number of hydrogen-bond acceptors (Lipinski definition) is 3. The van der Waals surface area contributed by atoms with E-state index >= 15 is 0 Å². The summed E-state index contributed by atoms with van der Waals surface area (Å²) in [7, 11) is -3.28. The van der Waals surface area contributed by atoms with Crippen LogP contribution in [0.4, 0.5) is 0 Å². The predicted molar refractivity (Wildman–Crippen MR) is 80.9 cm³/mol. The molecule has 0 aliphatic rings. The Morgan fingerprint density at radius 1 is 1.00 bits per heavy atom. The average Bonchev–Trinajstić information content (AvgIpc) is 2.38. The lowest BCUT2D eigenvalue weighted by Gasteiger charge is -2.06. The normalized spacial score (nSPS) is 11.3. The molecule has 4 nitrogen and oxygen atoms in total. The summed E-state index contributed by atoms with van der Waals surface area (Å²) in [6.45, 7) is 1.92. The van der Waals surface area contributed by atoms with Gasteiger partial charge in [0.15, 0.2) is 9.84 Å². The molecule has 2 rings (SSSR count). The van der Waals surface area contributed by atoms with Crippen LogP contribution < -0.4 is 0 Å². The van der Waals surface area contributed by atoms with E-state index in [1.165, 1.54) is 24.3 Å². The van der Waals surface area contributed by atoms with Crippen molar-refractivity contribution in [1.82, 2.24) is 0 Å². The number of rotatable bonds is 5. The van der Waals surface area contributed by atoms with Crippen molar-refractivity contribution in [2.75, 3.05) is 0 Å². The summed E-state index contributed by atoms with van der Waals surface area (Å²) in [6.07, 6.45) is 0. The molecule has 2 aromatic carbocycles. The molecule has 21 heavy (non-hydrogen) atoms. The lowest BCUT2D eigenvalue weighted by atomic mass is 10.1. The number of hydrogen-bond donors (Lipinski definition) is 1. The summed E-state index contributed by atoms with van der Waals surface area (Å²) >= 11 is 0. The maximum absolute atomic E-state index is 12.2. The van der Waals surface area contributed by atoms with E-state index < -0.39 is 15.8 Å². The van der Waals surface area contributed by atoms with Gasteiger partial charge in [0.1, 0.15) is 0 Å². The van der Waals surface area contributed by atoms with Gasteiger partial charge in [-0.15, -0.1) is 0 Å². The van der Waals surface area contributed by atoms with Crippen LogP contribution >= 0.6 is 0 Å². The van der Waals surface area contributed by atoms with Crippen molar-refractivity contribution in [3.63, 3.8) is 0 Å². The number of aryl methyl sites for hydroxylation is 1. The van der Waals surface area contributed by atoms with E-state index in [9.17, 15) is 13.2 Å². The molecule has 0 saturated carbocycles. The predicted octanol–water partition coefficient (Wildman–Crippen LogP) is 2.81. The maximum Gasteiger partial charge on any atom is 0.335 e. The van der Waals surface area contributed by atoms with Gasteiger partial charge in [0, 0.05) is 0 Å². The largest absolute Gasteiger partial charge is 0.478 e. The lowest BCUT2D eigenvalue weighted by molar-refractivity contribution is 0.0697. The molecule has 0 atom stereocenters. The first-order valence-corrected chi connectivity index (χ1v) is 8.26. The van der Waals surface area contributed by atoms with Crippen molar-refractivity contribution in [2.45, 2.75) is 18.4 Å². The highest BCUT2D eigenvalue weighted by atomic mass is 32.2. The topological polar surface area (TPSA) is 71.4 Å². The van der Waals surface area contributed by atoms with E-state index in [1.54, 1.807) is 6.07 Å². The summed E-state index contributed by atoms with van der Waals surface area (Å²) in [6, 6.07) is 13.3. The molecule has 0 amide bonds. The molecule has 0 heterocycles. The Kier molecular flexibility index (Phi) is 4.43. The zero-order valence-electron chi connectivity index (χ0n) is 11.6. The minimum absolute atomic E-state index is 0.0185. The van der Waals surface area contributed by atoms with Gasteiger partial charge in [-0.1, -0.05) is 42.0 Å². The van der Waals surface area contributed by atoms with Gasteiger partial charge in [-0.25, -0.2) is 13.2 Å². The van der Waals surface area contributed by atoms with E-state index in [0.29, 0.717) is 5.56 Å². The molecule has 0 radical (unpaired) electrons. The Hall–Kier alpha value is -2.14. The molecule has 0 aromatic heterocycles. The minimum Gasteiger partial charge on any atom is -0.478 e. The zero-order chi connectivity index (χ0) is 15.5. The van der Waals surface area contributed by atoms with Crippen molar-refractivity contribution in [3.8, 4) is 0 Å². The fraction of sp³-hybridized carbons (Fsp3) is 0.188. The second-order valence-corrected chi connectivity index (χ2v) is 7.09. The molecular formula is C16H16O4S. The third-order valence-electron chi connectivity index (χ3n) is 3.06. The molecule has 1 N–H and O–H groups in total. The Bertz CT molecular complexity index is 746. The molecule has 5 heteroatoms. The van der Waals surface area contributed by atoms with Crippen LogP contribution in [0.1, 0.15) is 27.0 Å². The third-order valence-corrected chi connectivity index (χ3v) is 4.60. The molecule has 0 saturated heterocycles. The number of benzene rings is 2. The van der Waals surface area contributed by atoms with Gasteiger partial charge in [0.2, 0.25) is 0 Å². The van der Waals surface area contributed by atoms with E-state index in [1.807, 2.05) is 25.1 Å². The summed E-state index contributed by atoms with van der Waals surface area (Å²) < 4.78 is 24.4. The number of carbonyl (C=O) groups is 1. The van der Waals surface area contributed by atoms with Gasteiger partial charge in [0.25, 0.3) is 0 Å². The summed E-state index contributed by atoms with van der Waals surface area (Å²) in [5.74, 6) is -1.14. The van der Waals surface area contributed by atoms with E-state index in [-0.39, 0.29) is 17.1 Å². The van der Waals surface area contributed by atoms with Gasteiger partial charge >= 0.3 is 5.97 Å². The molecule has 0 unspecified atom stereocenters. The van der Waals surface area contributed by atoms with Crippen LogP contribution in [0.25, 0.3) is 0 Å². The minimum atomic E-state index is -3.28. The SMILES string of the molecule is Cc1cccc(CS(=O)(=O)Cc2ccc(C(=O)O)cc2)c1. The Labute approximate surface area is 124 Å². The molecule has 0 fully saturated rings. The first-order chi connectivity index (χ1) is 9.85. The van der Waals surface area contributed by atoms with Gasteiger partial charge in [-0.3, -0.25) is 0 Å². The number of carboxylic acid groups (broad SMARTS) is 1. The van der Waals surface area contributed by atoms with Crippen molar-refractivity contribution in [2.24, 2.45) is 0 Å². The number of aromatic carboxylic acids is 1. The van der Waals surface area contributed by atoms with Crippen molar-refractivity contribution in [1.29, 1.82) is 0 Å². The van der Waals surface area contributed by atoms with Gasteiger partial charge in [-0.05, 0) is 30.2 Å². The highest BCUT2D eigenvalue weighted by Gasteiger charge is 2.14. The van der Waals surface area contributed by atoms with E-state index in [0.717, 1.165) is 11.1 Å². The molecule has 0 aliphatic heterocycles. The smallest absolute Gasteiger partial charge is 0.335 e. The second-order valence-electron chi connectivity index (χ2n) is 5.02. The van der Waals surface area contributed by atoms with Gasteiger partial charge < -0.3 is 5.11 Å². The summed E-state index contributed by atoms with van der Waals surface area (Å²) in [5.41, 5.74) is 2.52. The molecule has 0 spiro atoms. The first kappa shape index (κ1) is 15.3. The van der Waals surface area contributed by atoms with Crippen LogP contribution in [0.3, 0.4) is 0 Å². The standard InChI is InChI=1S/C16H16O4S/c1-12-3-2-4-14(9-12)11-21(19,20)10-13-5-7-15(8-6-13)16(17)18/h2-9H,10-11H2,1H3,(H,17,18). The monoisotopic (exact) mass is 304 g/mol. The second kappa shape index (κ2) is 6.10. The highest BCUT2D eigenvalue weighted by molar-refractivity contribution is 7.89. The quantitative estimate of drug-likeness (QED) is 0.922. The van der Waals surface area contributed by atoms with Crippen LogP contribution in [0, 0.1) is 6.92 Å². The van der Waals surface area contributed by atoms with Crippen LogP contribution in [-0.2, 0) is 21.3 Å². The summed E-state index contributed by atoms with van der Waals surface area (Å²) in [5, 5.41) is 8.81. The fourth-order valence-electron chi connectivity index (χ4n) is 2.10. The molecular weight excluding hydrogens is 288 g/mol. The zero-order valence-corrected chi connectivity index (χ0v) is 12.4. The maximum atomic E-state index is 12.2. The first-order valence-electron chi connectivity index (χ1n) is 6.44. The fourth-order valence-corrected chi connectivity index (χ4v) is 3.59. The van der Waals surface area contributed by atoms with Gasteiger partial charge in [-0.2, -0.15) is 0 Å². The third kappa shape index (κ3) is 4.43. The highest BCUT2D eigenvalue weighted by Crippen LogP contribution is 2.14. The van der Waals surface area contributed by atoms with E-state index in [4.69, 9.17) is 5.11 Å². The Balaban J connectivity index is 2.12. The number of carboxylic acids is 1. The molecule has 0 bridgehead atoms. The van der Waals surface area contributed by atoms with Crippen molar-refractivity contribution < 1.29 is 18.3 Å². The molecule has 0 aliphatic carbocycles. The van der Waals surface area contributed by atoms with Crippen LogP contribution in [-0.4, -0.2) is 19.5 Å². The van der Waals surface area contributed by atoms with Crippen LogP contribution in [0.5, 0.6) is 0 Å². The van der Waals surface area contributed by atoms with Crippen molar-refractivity contribution in [3.05, 3.63) is 70.8 Å². The van der Waals surface area contributed by atoms with Gasteiger partial charge in [0.05, 0.1) is 17.1 Å². The Morgan fingerprint density at radius 3 is 2.19 bits per heavy atom. The molecule has 110 valence electrons. The number of sulfone groups is 1. The van der Waals surface area contributed by atoms with Crippen LogP contribution in [0.2, 0.25) is 0 Å². The molecule has 2 aromatic rings. The summed E-state index contributed by atoms with van der Waals surface area (Å²) in [4.78, 5) is 10.8. The van der Waals surface area contributed by atoms with Crippen molar-refractivity contribution >= 4 is 15.8 Å². The average molecular weight is 304 g/mol. The lowest BCUT2D eigenvalue weighted by Crippen LogP contribution is -2.08. The Morgan fingerprint density at radius 2 is 1.62 bits per heavy atom. The van der Waals surface area contributed by atoms with E-state index in [2.05, 4.69) is 0 Å².